The van der Waals surface area contributed by atoms with Gasteiger partial charge in [-0.2, -0.15) is 0 Å². The van der Waals surface area contributed by atoms with E-state index in [1.54, 1.807) is 19.2 Å². The van der Waals surface area contributed by atoms with Crippen molar-refractivity contribution in [1.29, 1.82) is 0 Å². The predicted octanol–water partition coefficient (Wildman–Crippen LogP) is 1.60. The van der Waals surface area contributed by atoms with Crippen molar-refractivity contribution in [3.05, 3.63) is 53.9 Å². The number of rotatable bonds is 4. The molecule has 19 heavy (non-hydrogen) atoms. The smallest absolute Gasteiger partial charge is 0.270 e. The SMILES string of the molecule is COc1cccc(CNC(=O)c2ccc(N)cn2)c1. The molecule has 0 aliphatic carbocycles. The molecule has 1 aromatic heterocycles. The number of pyridine rings is 1. The van der Waals surface area contributed by atoms with Crippen molar-refractivity contribution < 1.29 is 9.53 Å². The Kier molecular flexibility index (Phi) is 3.97. The predicted molar refractivity (Wildman–Crippen MR) is 72.8 cm³/mol. The van der Waals surface area contributed by atoms with Gasteiger partial charge in [0.15, 0.2) is 0 Å². The number of hydrogen-bond donors (Lipinski definition) is 2. The highest BCUT2D eigenvalue weighted by molar-refractivity contribution is 5.92. The highest BCUT2D eigenvalue weighted by Gasteiger charge is 2.06. The molecule has 3 N–H and O–H groups in total. The first-order valence-electron chi connectivity index (χ1n) is 5.81. The highest BCUT2D eigenvalue weighted by Crippen LogP contribution is 2.12. The summed E-state index contributed by atoms with van der Waals surface area (Å²) in [5.41, 5.74) is 7.35. The number of carbonyl (C=O) groups excluding carboxylic acids is 1. The molecule has 2 aromatic rings. The first kappa shape index (κ1) is 12.9. The summed E-state index contributed by atoms with van der Waals surface area (Å²) in [6.07, 6.45) is 1.46. The van der Waals surface area contributed by atoms with Gasteiger partial charge in [0.25, 0.3) is 5.91 Å². The number of nitrogens with two attached hydrogens (primary N) is 1. The van der Waals surface area contributed by atoms with E-state index in [0.717, 1.165) is 11.3 Å². The molecule has 0 radical (unpaired) electrons. The lowest BCUT2D eigenvalue weighted by Gasteiger charge is -2.06. The third-order valence-electron chi connectivity index (χ3n) is 2.61. The van der Waals surface area contributed by atoms with Crippen LogP contribution in [-0.2, 0) is 6.54 Å². The van der Waals surface area contributed by atoms with Gasteiger partial charge in [-0.05, 0) is 29.8 Å². The molecule has 0 spiro atoms. The van der Waals surface area contributed by atoms with Crippen LogP contribution in [0.25, 0.3) is 0 Å². The lowest BCUT2D eigenvalue weighted by Crippen LogP contribution is -2.23. The molecule has 0 atom stereocenters. The van der Waals surface area contributed by atoms with Gasteiger partial charge in [0.2, 0.25) is 0 Å². The van der Waals surface area contributed by atoms with E-state index in [4.69, 9.17) is 10.5 Å². The van der Waals surface area contributed by atoms with Crippen molar-refractivity contribution in [2.24, 2.45) is 0 Å². The van der Waals surface area contributed by atoms with Crippen molar-refractivity contribution in [3.63, 3.8) is 0 Å². The van der Waals surface area contributed by atoms with Gasteiger partial charge in [-0.15, -0.1) is 0 Å². The molecule has 0 aliphatic heterocycles. The van der Waals surface area contributed by atoms with Crippen molar-refractivity contribution in [1.82, 2.24) is 10.3 Å². The van der Waals surface area contributed by atoms with Gasteiger partial charge in [-0.1, -0.05) is 12.1 Å². The second-order valence-electron chi connectivity index (χ2n) is 4.01. The third-order valence-corrected chi connectivity index (χ3v) is 2.61. The Morgan fingerprint density at radius 3 is 2.89 bits per heavy atom. The largest absolute Gasteiger partial charge is 0.497 e. The number of carbonyl (C=O) groups is 1. The standard InChI is InChI=1S/C14H15N3O2/c1-19-12-4-2-3-10(7-12)8-17-14(18)13-6-5-11(15)9-16-13/h2-7,9H,8,15H2,1H3,(H,17,18). The van der Waals surface area contributed by atoms with Crippen LogP contribution >= 0.6 is 0 Å². The molecule has 1 aromatic carbocycles. The molecule has 2 rings (SSSR count). The van der Waals surface area contributed by atoms with Crippen molar-refractivity contribution >= 4 is 11.6 Å². The summed E-state index contributed by atoms with van der Waals surface area (Å²) >= 11 is 0. The molecule has 1 heterocycles. The molecule has 5 heteroatoms. The van der Waals surface area contributed by atoms with Gasteiger partial charge in [-0.25, -0.2) is 4.98 Å². The number of nitrogen functional groups attached to an aromatic ring is 1. The lowest BCUT2D eigenvalue weighted by molar-refractivity contribution is 0.0946. The molecule has 0 aliphatic rings. The number of hydrogen-bond acceptors (Lipinski definition) is 4. The first-order chi connectivity index (χ1) is 9.19. The number of benzene rings is 1. The Hall–Kier alpha value is -2.56. The molecule has 0 unspecified atom stereocenters. The van der Waals surface area contributed by atoms with Gasteiger partial charge < -0.3 is 15.8 Å². The molecular weight excluding hydrogens is 242 g/mol. The Bertz CT molecular complexity index is 567. The zero-order valence-corrected chi connectivity index (χ0v) is 10.6. The van der Waals surface area contributed by atoms with Crippen LogP contribution < -0.4 is 15.8 Å². The lowest BCUT2D eigenvalue weighted by atomic mass is 10.2. The number of anilines is 1. The number of aromatic nitrogens is 1. The Balaban J connectivity index is 1.98. The minimum atomic E-state index is -0.234. The summed E-state index contributed by atoms with van der Waals surface area (Å²) in [7, 11) is 1.61. The second kappa shape index (κ2) is 5.86. The number of ether oxygens (including phenoxy) is 1. The molecule has 98 valence electrons. The minimum Gasteiger partial charge on any atom is -0.497 e. The quantitative estimate of drug-likeness (QED) is 0.872. The van der Waals surface area contributed by atoms with Crippen LogP contribution in [0.15, 0.2) is 42.6 Å². The third kappa shape index (κ3) is 3.45. The van der Waals surface area contributed by atoms with Gasteiger partial charge in [0.05, 0.1) is 19.0 Å². The van der Waals surface area contributed by atoms with Gasteiger partial charge in [-0.3, -0.25) is 4.79 Å². The maximum Gasteiger partial charge on any atom is 0.270 e. The van der Waals surface area contributed by atoms with Crippen molar-refractivity contribution in [3.8, 4) is 5.75 Å². The average molecular weight is 257 g/mol. The molecule has 0 bridgehead atoms. The van der Waals surface area contributed by atoms with Crippen LogP contribution in [0, 0.1) is 0 Å². The van der Waals surface area contributed by atoms with Gasteiger partial charge in [0, 0.05) is 6.54 Å². The van der Waals surface area contributed by atoms with Gasteiger partial charge >= 0.3 is 0 Å². The van der Waals surface area contributed by atoms with Gasteiger partial charge in [0.1, 0.15) is 11.4 Å². The molecular formula is C14H15N3O2. The van der Waals surface area contributed by atoms with E-state index in [-0.39, 0.29) is 5.91 Å². The van der Waals surface area contributed by atoms with E-state index in [2.05, 4.69) is 10.3 Å². The number of amides is 1. The van der Waals surface area contributed by atoms with E-state index in [9.17, 15) is 4.79 Å². The Morgan fingerprint density at radius 1 is 1.37 bits per heavy atom. The fourth-order valence-electron chi connectivity index (χ4n) is 1.59. The monoisotopic (exact) mass is 257 g/mol. The maximum atomic E-state index is 11.8. The van der Waals surface area contributed by atoms with E-state index < -0.39 is 0 Å². The van der Waals surface area contributed by atoms with E-state index in [1.807, 2.05) is 24.3 Å². The molecule has 0 fully saturated rings. The number of nitrogens with zero attached hydrogens (tertiary/aromatic N) is 1. The van der Waals surface area contributed by atoms with Crippen LogP contribution in [0.4, 0.5) is 5.69 Å². The Morgan fingerprint density at radius 2 is 2.21 bits per heavy atom. The molecule has 0 saturated heterocycles. The Labute approximate surface area is 111 Å². The van der Waals surface area contributed by atoms with Crippen LogP contribution in [0.3, 0.4) is 0 Å². The molecule has 0 saturated carbocycles. The van der Waals surface area contributed by atoms with E-state index >= 15 is 0 Å². The number of methoxy groups -OCH3 is 1. The van der Waals surface area contributed by atoms with Crippen LogP contribution in [0.1, 0.15) is 16.1 Å². The zero-order valence-electron chi connectivity index (χ0n) is 10.6. The number of nitrogens with one attached hydrogen (secondary N) is 1. The maximum absolute atomic E-state index is 11.8. The fourth-order valence-corrected chi connectivity index (χ4v) is 1.59. The molecule has 5 nitrogen and oxygen atoms in total. The van der Waals surface area contributed by atoms with Crippen molar-refractivity contribution in [2.75, 3.05) is 12.8 Å². The van der Waals surface area contributed by atoms with E-state index in [1.165, 1.54) is 6.20 Å². The van der Waals surface area contributed by atoms with Crippen molar-refractivity contribution in [2.45, 2.75) is 6.54 Å². The average Bonchev–Trinajstić information content (AvgIpc) is 2.46. The topological polar surface area (TPSA) is 77.2 Å². The summed E-state index contributed by atoms with van der Waals surface area (Å²) < 4.78 is 5.12. The fraction of sp³-hybridized carbons (Fsp3) is 0.143. The van der Waals surface area contributed by atoms with Crippen LogP contribution in [-0.4, -0.2) is 18.0 Å². The normalized spacial score (nSPS) is 9.95. The second-order valence-corrected chi connectivity index (χ2v) is 4.01. The summed E-state index contributed by atoms with van der Waals surface area (Å²) in [6, 6.07) is 10.8. The summed E-state index contributed by atoms with van der Waals surface area (Å²) in [6.45, 7) is 0.419. The molecule has 1 amide bonds. The van der Waals surface area contributed by atoms with E-state index in [0.29, 0.717) is 17.9 Å². The highest BCUT2D eigenvalue weighted by atomic mass is 16.5. The summed E-state index contributed by atoms with van der Waals surface area (Å²) in [4.78, 5) is 15.8. The summed E-state index contributed by atoms with van der Waals surface area (Å²) in [5, 5.41) is 2.79. The van der Waals surface area contributed by atoms with Crippen LogP contribution in [0.5, 0.6) is 5.75 Å². The zero-order chi connectivity index (χ0) is 13.7. The minimum absolute atomic E-state index is 0.234. The summed E-state index contributed by atoms with van der Waals surface area (Å²) in [5.74, 6) is 0.528. The first-order valence-corrected chi connectivity index (χ1v) is 5.81. The van der Waals surface area contributed by atoms with Crippen LogP contribution in [0.2, 0.25) is 0 Å².